The first-order valence-electron chi connectivity index (χ1n) is 9.46. The van der Waals surface area contributed by atoms with Gasteiger partial charge in [0.15, 0.2) is 6.61 Å². The number of carbonyl (C=O) groups is 1. The van der Waals surface area contributed by atoms with Gasteiger partial charge in [-0.05, 0) is 42.0 Å². The Morgan fingerprint density at radius 2 is 2.10 bits per heavy atom. The summed E-state index contributed by atoms with van der Waals surface area (Å²) in [6.07, 6.45) is -2.62. The van der Waals surface area contributed by atoms with Gasteiger partial charge >= 0.3 is 6.18 Å². The number of carbonyl (C=O) groups excluding carboxylic acids is 1. The van der Waals surface area contributed by atoms with Crippen LogP contribution in [0.15, 0.2) is 36.7 Å². The van der Waals surface area contributed by atoms with Crippen molar-refractivity contribution in [1.82, 2.24) is 35.1 Å². The SMILES string of the molecule is Cc1cc(C(F)(F)F)nc([C@@H]2CCN(C(=O)COc3cccc(-n4cnnn4)c3)C2)n1. The molecule has 1 amide bonds. The van der Waals surface area contributed by atoms with Crippen molar-refractivity contribution in [2.75, 3.05) is 19.7 Å². The van der Waals surface area contributed by atoms with Gasteiger partial charge in [0.05, 0.1) is 5.69 Å². The van der Waals surface area contributed by atoms with Gasteiger partial charge < -0.3 is 9.64 Å². The number of nitrogens with zero attached hydrogens (tertiary/aromatic N) is 7. The van der Waals surface area contributed by atoms with Crippen LogP contribution in [0, 0.1) is 6.92 Å². The molecule has 0 radical (unpaired) electrons. The van der Waals surface area contributed by atoms with Crippen molar-refractivity contribution >= 4 is 5.91 Å². The summed E-state index contributed by atoms with van der Waals surface area (Å²) in [5.41, 5.74) is -0.0493. The molecule has 1 fully saturated rings. The molecule has 1 atom stereocenters. The van der Waals surface area contributed by atoms with Crippen LogP contribution in [0.3, 0.4) is 0 Å². The summed E-state index contributed by atoms with van der Waals surface area (Å²) in [6, 6.07) is 7.84. The van der Waals surface area contributed by atoms with E-state index >= 15 is 0 Å². The number of tetrazole rings is 1. The van der Waals surface area contributed by atoms with Crippen molar-refractivity contribution < 1.29 is 22.7 Å². The number of benzene rings is 1. The van der Waals surface area contributed by atoms with E-state index < -0.39 is 11.9 Å². The Bertz CT molecular complexity index is 1070. The monoisotopic (exact) mass is 433 g/mol. The Labute approximate surface area is 174 Å². The topological polar surface area (TPSA) is 98.9 Å². The fourth-order valence-corrected chi connectivity index (χ4v) is 3.35. The minimum atomic E-state index is -4.54. The normalized spacial score (nSPS) is 16.5. The Morgan fingerprint density at radius 1 is 1.26 bits per heavy atom. The lowest BCUT2D eigenvalue weighted by atomic mass is 10.1. The van der Waals surface area contributed by atoms with Gasteiger partial charge in [0.1, 0.15) is 23.6 Å². The molecular weight excluding hydrogens is 415 g/mol. The molecule has 1 aliphatic rings. The lowest BCUT2D eigenvalue weighted by molar-refractivity contribution is -0.141. The van der Waals surface area contributed by atoms with Crippen molar-refractivity contribution in [3.05, 3.63) is 53.9 Å². The zero-order chi connectivity index (χ0) is 22.0. The maximum Gasteiger partial charge on any atom is 0.433 e. The van der Waals surface area contributed by atoms with E-state index in [-0.39, 0.29) is 36.5 Å². The van der Waals surface area contributed by atoms with Crippen LogP contribution >= 0.6 is 0 Å². The summed E-state index contributed by atoms with van der Waals surface area (Å²) < 4.78 is 46.2. The molecule has 12 heteroatoms. The third kappa shape index (κ3) is 4.78. The zero-order valence-corrected chi connectivity index (χ0v) is 16.5. The molecule has 31 heavy (non-hydrogen) atoms. The predicted octanol–water partition coefficient (Wildman–Crippen LogP) is 2.17. The molecule has 4 rings (SSSR count). The molecule has 1 saturated heterocycles. The number of ether oxygens (including phenoxy) is 1. The van der Waals surface area contributed by atoms with E-state index in [2.05, 4.69) is 25.5 Å². The Morgan fingerprint density at radius 3 is 2.84 bits per heavy atom. The Hall–Kier alpha value is -3.57. The average Bonchev–Trinajstić information content (AvgIpc) is 3.43. The summed E-state index contributed by atoms with van der Waals surface area (Å²) in [5, 5.41) is 10.9. The standard InChI is InChI=1S/C19H18F3N7O2/c1-12-7-16(19(20,21)22)25-18(24-12)13-5-6-28(9-13)17(30)10-31-15-4-2-3-14(8-15)29-11-23-26-27-29/h2-4,7-8,11,13H,5-6,9-10H2,1H3/t13-/m1/s1. The number of aryl methyl sites for hydroxylation is 1. The smallest absolute Gasteiger partial charge is 0.433 e. The van der Waals surface area contributed by atoms with Crippen LogP contribution in [0.1, 0.15) is 29.6 Å². The molecule has 1 aromatic carbocycles. The first kappa shape index (κ1) is 20.7. The number of halogens is 3. The Kier molecular flexibility index (Phi) is 5.53. The van der Waals surface area contributed by atoms with Gasteiger partial charge in [0.25, 0.3) is 5.91 Å². The highest BCUT2D eigenvalue weighted by atomic mass is 19.4. The number of alkyl halides is 3. The largest absolute Gasteiger partial charge is 0.484 e. The second-order valence-electron chi connectivity index (χ2n) is 7.12. The molecule has 0 unspecified atom stereocenters. The van der Waals surface area contributed by atoms with E-state index in [1.165, 1.54) is 17.9 Å². The van der Waals surface area contributed by atoms with Gasteiger partial charge in [0, 0.05) is 30.8 Å². The fourth-order valence-electron chi connectivity index (χ4n) is 3.35. The van der Waals surface area contributed by atoms with E-state index in [9.17, 15) is 18.0 Å². The molecule has 1 aliphatic heterocycles. The van der Waals surface area contributed by atoms with Gasteiger partial charge in [-0.2, -0.15) is 13.2 Å². The number of amides is 1. The lowest BCUT2D eigenvalue weighted by Crippen LogP contribution is -2.33. The summed E-state index contributed by atoms with van der Waals surface area (Å²) in [4.78, 5) is 21.9. The third-order valence-electron chi connectivity index (χ3n) is 4.86. The maximum atomic E-state index is 13.0. The van der Waals surface area contributed by atoms with E-state index in [0.717, 1.165) is 6.07 Å². The highest BCUT2D eigenvalue weighted by molar-refractivity contribution is 5.78. The minimum Gasteiger partial charge on any atom is -0.484 e. The molecule has 9 nitrogen and oxygen atoms in total. The third-order valence-corrected chi connectivity index (χ3v) is 4.86. The molecular formula is C19H18F3N7O2. The minimum absolute atomic E-state index is 0.109. The lowest BCUT2D eigenvalue weighted by Gasteiger charge is -2.17. The van der Waals surface area contributed by atoms with Crippen LogP contribution in [0.2, 0.25) is 0 Å². The summed E-state index contributed by atoms with van der Waals surface area (Å²) in [7, 11) is 0. The second kappa shape index (κ2) is 8.28. The van der Waals surface area contributed by atoms with Crippen LogP contribution in [-0.2, 0) is 11.0 Å². The fraction of sp³-hybridized carbons (Fsp3) is 0.368. The molecule has 3 aromatic rings. The van der Waals surface area contributed by atoms with E-state index in [1.807, 2.05) is 0 Å². The highest BCUT2D eigenvalue weighted by Crippen LogP contribution is 2.31. The summed E-state index contributed by atoms with van der Waals surface area (Å²) in [5.74, 6) is -0.0428. The van der Waals surface area contributed by atoms with Crippen molar-refractivity contribution in [3.8, 4) is 11.4 Å². The maximum absolute atomic E-state index is 13.0. The molecule has 0 N–H and O–H groups in total. The quantitative estimate of drug-likeness (QED) is 0.608. The molecule has 0 saturated carbocycles. The van der Waals surface area contributed by atoms with Crippen molar-refractivity contribution in [2.24, 2.45) is 0 Å². The number of rotatable bonds is 5. The van der Waals surface area contributed by atoms with Gasteiger partial charge in [-0.25, -0.2) is 14.6 Å². The van der Waals surface area contributed by atoms with Crippen molar-refractivity contribution in [3.63, 3.8) is 0 Å². The van der Waals surface area contributed by atoms with Crippen LogP contribution in [0.5, 0.6) is 5.75 Å². The predicted molar refractivity (Wildman–Crippen MR) is 100 cm³/mol. The molecule has 0 aliphatic carbocycles. The van der Waals surface area contributed by atoms with Gasteiger partial charge in [0.2, 0.25) is 0 Å². The van der Waals surface area contributed by atoms with Crippen LogP contribution in [-0.4, -0.2) is 60.7 Å². The van der Waals surface area contributed by atoms with Gasteiger partial charge in [-0.15, -0.1) is 5.10 Å². The number of hydrogen-bond acceptors (Lipinski definition) is 7. The van der Waals surface area contributed by atoms with Gasteiger partial charge in [-0.1, -0.05) is 6.07 Å². The zero-order valence-electron chi connectivity index (χ0n) is 16.5. The number of aromatic nitrogens is 6. The molecule has 2 aromatic heterocycles. The second-order valence-corrected chi connectivity index (χ2v) is 7.12. The van der Waals surface area contributed by atoms with E-state index in [1.54, 1.807) is 29.2 Å². The first-order chi connectivity index (χ1) is 14.8. The summed E-state index contributed by atoms with van der Waals surface area (Å²) in [6.45, 7) is 1.94. The Balaban J connectivity index is 1.37. The molecule has 0 bridgehead atoms. The van der Waals surface area contributed by atoms with Gasteiger partial charge in [-0.3, -0.25) is 4.79 Å². The average molecular weight is 433 g/mol. The molecule has 0 spiro atoms. The van der Waals surface area contributed by atoms with Crippen LogP contribution < -0.4 is 4.74 Å². The van der Waals surface area contributed by atoms with Crippen molar-refractivity contribution in [1.29, 1.82) is 0 Å². The van der Waals surface area contributed by atoms with E-state index in [0.29, 0.717) is 24.4 Å². The highest BCUT2D eigenvalue weighted by Gasteiger charge is 2.35. The number of likely N-dealkylation sites (tertiary alicyclic amines) is 1. The van der Waals surface area contributed by atoms with Crippen LogP contribution in [0.25, 0.3) is 5.69 Å². The molecule has 162 valence electrons. The van der Waals surface area contributed by atoms with Crippen LogP contribution in [0.4, 0.5) is 13.2 Å². The van der Waals surface area contributed by atoms with Crippen molar-refractivity contribution in [2.45, 2.75) is 25.4 Å². The molecule has 3 heterocycles. The first-order valence-corrected chi connectivity index (χ1v) is 9.46. The number of hydrogen-bond donors (Lipinski definition) is 0. The van der Waals surface area contributed by atoms with E-state index in [4.69, 9.17) is 4.74 Å². The summed E-state index contributed by atoms with van der Waals surface area (Å²) >= 11 is 0.